The second-order valence-electron chi connectivity index (χ2n) is 18.5. The molecule has 0 N–H and O–H groups in total. The maximum atomic E-state index is 12.8. The van der Waals surface area contributed by atoms with Crippen molar-refractivity contribution in [2.24, 2.45) is 0 Å². The van der Waals surface area contributed by atoms with Crippen LogP contribution in [0.15, 0.2) is 85.1 Å². The molecule has 0 saturated carbocycles. The average molecular weight is 933 g/mol. The van der Waals surface area contributed by atoms with E-state index in [1.807, 2.05) is 6.08 Å². The molecule has 0 amide bonds. The molecule has 1 unspecified atom stereocenters. The molecule has 0 fully saturated rings. The van der Waals surface area contributed by atoms with Crippen LogP contribution in [0.25, 0.3) is 0 Å². The van der Waals surface area contributed by atoms with Crippen LogP contribution in [0, 0.1) is 0 Å². The third kappa shape index (κ3) is 53.4. The van der Waals surface area contributed by atoms with Crippen LogP contribution < -0.4 is 0 Å². The normalized spacial score (nSPS) is 12.7. The Morgan fingerprint density at radius 1 is 0.328 bits per heavy atom. The summed E-state index contributed by atoms with van der Waals surface area (Å²) in [6, 6.07) is 0. The smallest absolute Gasteiger partial charge is 0.310 e. The van der Waals surface area contributed by atoms with Gasteiger partial charge in [0.1, 0.15) is 13.2 Å². The predicted octanol–water partition coefficient (Wildman–Crippen LogP) is 18.8. The van der Waals surface area contributed by atoms with Crippen LogP contribution in [0.2, 0.25) is 0 Å². The van der Waals surface area contributed by atoms with Crippen LogP contribution in [-0.2, 0) is 28.6 Å². The molecule has 0 aromatic carbocycles. The lowest BCUT2D eigenvalue weighted by atomic mass is 10.0. The number of unbranched alkanes of at least 4 members (excludes halogenated alkanes) is 26. The van der Waals surface area contributed by atoms with Crippen LogP contribution in [0.3, 0.4) is 0 Å². The van der Waals surface area contributed by atoms with Crippen molar-refractivity contribution < 1.29 is 28.6 Å². The topological polar surface area (TPSA) is 78.9 Å². The highest BCUT2D eigenvalue weighted by Crippen LogP contribution is 2.16. The molecule has 0 spiro atoms. The Bertz CT molecular complexity index is 1300. The van der Waals surface area contributed by atoms with E-state index in [1.165, 1.54) is 128 Å². The van der Waals surface area contributed by atoms with Gasteiger partial charge in [0.15, 0.2) is 6.10 Å². The lowest BCUT2D eigenvalue weighted by Gasteiger charge is -2.18. The predicted molar refractivity (Wildman–Crippen MR) is 288 cm³/mol. The van der Waals surface area contributed by atoms with E-state index in [-0.39, 0.29) is 31.6 Å². The molecule has 6 heteroatoms. The number of esters is 3. The van der Waals surface area contributed by atoms with Crippen molar-refractivity contribution in [3.05, 3.63) is 85.1 Å². The second kappa shape index (κ2) is 55.2. The quantitative estimate of drug-likeness (QED) is 0.0262. The Hall–Kier alpha value is -3.41. The van der Waals surface area contributed by atoms with E-state index in [0.717, 1.165) is 96.3 Å². The summed E-state index contributed by atoms with van der Waals surface area (Å²) < 4.78 is 16.7. The van der Waals surface area contributed by atoms with Crippen LogP contribution >= 0.6 is 0 Å². The first-order chi connectivity index (χ1) is 33.0. The molecule has 0 bridgehead atoms. The minimum atomic E-state index is -0.835. The Morgan fingerprint density at radius 2 is 0.642 bits per heavy atom. The summed E-state index contributed by atoms with van der Waals surface area (Å²) in [6.07, 6.45) is 71.7. The highest BCUT2D eigenvalue weighted by atomic mass is 16.6. The average Bonchev–Trinajstić information content (AvgIpc) is 3.33. The Morgan fingerprint density at radius 3 is 1.03 bits per heavy atom. The Kier molecular flexibility index (Phi) is 52.4. The summed E-state index contributed by atoms with van der Waals surface area (Å²) in [7, 11) is 0. The van der Waals surface area contributed by atoms with Crippen LogP contribution in [0.1, 0.15) is 265 Å². The van der Waals surface area contributed by atoms with Crippen molar-refractivity contribution in [3.8, 4) is 0 Å². The zero-order valence-electron chi connectivity index (χ0n) is 43.9. The standard InChI is InChI=1S/C61H104O6/c1-4-7-10-13-16-19-22-25-28-29-30-31-32-34-36-39-42-45-48-51-54-60(63)66-57-58(56-65-59(62)53-50-47-44-41-38-35-27-24-21-18-15-12-9-6-3)67-61(64)55-52-49-46-43-40-37-33-26-23-20-17-14-11-8-5-2/h8,11,15,17-18,20,24,26-27,33,40,43,49,52,58H,4-7,9-10,12-14,16,19,21-23,25,28-32,34-39,41-42,44-48,50-51,53-57H2,1-3H3/b11-8-,18-15-,20-17-,27-24-,33-26-,43-40-,52-49-. The van der Waals surface area contributed by atoms with Gasteiger partial charge >= 0.3 is 17.9 Å². The molecule has 0 aliphatic carbocycles. The lowest BCUT2D eigenvalue weighted by molar-refractivity contribution is -0.166. The fraction of sp³-hybridized carbons (Fsp3) is 0.721. The number of carbonyl (C=O) groups excluding carboxylic acids is 3. The van der Waals surface area contributed by atoms with E-state index in [4.69, 9.17) is 14.2 Å². The van der Waals surface area contributed by atoms with Gasteiger partial charge in [-0.3, -0.25) is 14.4 Å². The third-order valence-corrected chi connectivity index (χ3v) is 11.9. The first-order valence-corrected chi connectivity index (χ1v) is 28.1. The molecule has 0 aromatic rings. The van der Waals surface area contributed by atoms with Gasteiger partial charge in [0, 0.05) is 12.8 Å². The fourth-order valence-corrected chi connectivity index (χ4v) is 7.71. The molecule has 6 nitrogen and oxygen atoms in total. The van der Waals surface area contributed by atoms with E-state index in [1.54, 1.807) is 6.08 Å². The minimum absolute atomic E-state index is 0.0944. The Labute approximate surface area is 414 Å². The minimum Gasteiger partial charge on any atom is -0.462 e. The summed E-state index contributed by atoms with van der Waals surface area (Å²) in [5.74, 6) is -1.06. The van der Waals surface area contributed by atoms with Crippen molar-refractivity contribution in [1.82, 2.24) is 0 Å². The molecule has 0 aliphatic rings. The molecule has 0 rings (SSSR count). The van der Waals surface area contributed by atoms with Gasteiger partial charge in [-0.1, -0.05) is 260 Å². The molecule has 0 saturated heterocycles. The monoisotopic (exact) mass is 933 g/mol. The SMILES string of the molecule is CC/C=C\C/C=C\C/C=C\C/C=C\C/C=C\CC(=O)OC(COC(=O)CCCCCCC/C=C\C/C=C\CCCC)COC(=O)CCCCCCCCCCCCCCCCCCCCCC. The second-order valence-corrected chi connectivity index (χ2v) is 18.5. The van der Waals surface area contributed by atoms with Gasteiger partial charge in [-0.05, 0) is 70.6 Å². The highest BCUT2D eigenvalue weighted by molar-refractivity contribution is 5.72. The van der Waals surface area contributed by atoms with Crippen molar-refractivity contribution >= 4 is 17.9 Å². The summed E-state index contributed by atoms with van der Waals surface area (Å²) in [6.45, 7) is 6.41. The highest BCUT2D eigenvalue weighted by Gasteiger charge is 2.19. The third-order valence-electron chi connectivity index (χ3n) is 11.9. The van der Waals surface area contributed by atoms with Gasteiger partial charge in [0.2, 0.25) is 0 Å². The molecule has 384 valence electrons. The van der Waals surface area contributed by atoms with Crippen LogP contribution in [-0.4, -0.2) is 37.2 Å². The number of allylic oxidation sites excluding steroid dienone is 13. The summed E-state index contributed by atoms with van der Waals surface area (Å²) in [5.41, 5.74) is 0. The van der Waals surface area contributed by atoms with Crippen LogP contribution in [0.5, 0.6) is 0 Å². The fourth-order valence-electron chi connectivity index (χ4n) is 7.71. The molecule has 0 aliphatic heterocycles. The number of hydrogen-bond acceptors (Lipinski definition) is 6. The zero-order chi connectivity index (χ0) is 48.6. The van der Waals surface area contributed by atoms with Gasteiger partial charge < -0.3 is 14.2 Å². The van der Waals surface area contributed by atoms with E-state index in [2.05, 4.69) is 93.7 Å². The maximum Gasteiger partial charge on any atom is 0.310 e. The van der Waals surface area contributed by atoms with Gasteiger partial charge in [-0.25, -0.2) is 0 Å². The number of ether oxygens (including phenoxy) is 3. The number of rotatable bonds is 50. The Balaban J connectivity index is 4.44. The van der Waals surface area contributed by atoms with Gasteiger partial charge in [-0.15, -0.1) is 0 Å². The molecule has 0 heterocycles. The van der Waals surface area contributed by atoms with E-state index in [9.17, 15) is 14.4 Å². The van der Waals surface area contributed by atoms with E-state index in [0.29, 0.717) is 12.8 Å². The summed E-state index contributed by atoms with van der Waals surface area (Å²) in [5, 5.41) is 0. The molecule has 0 aromatic heterocycles. The first kappa shape index (κ1) is 63.6. The summed E-state index contributed by atoms with van der Waals surface area (Å²) >= 11 is 0. The van der Waals surface area contributed by atoms with Crippen molar-refractivity contribution in [3.63, 3.8) is 0 Å². The lowest BCUT2D eigenvalue weighted by Crippen LogP contribution is -2.30. The zero-order valence-corrected chi connectivity index (χ0v) is 43.9. The van der Waals surface area contributed by atoms with Crippen LogP contribution in [0.4, 0.5) is 0 Å². The molecule has 67 heavy (non-hydrogen) atoms. The number of carbonyl (C=O) groups is 3. The molecule has 1 atom stereocenters. The largest absolute Gasteiger partial charge is 0.462 e. The van der Waals surface area contributed by atoms with E-state index >= 15 is 0 Å². The first-order valence-electron chi connectivity index (χ1n) is 28.1. The van der Waals surface area contributed by atoms with Gasteiger partial charge in [0.25, 0.3) is 0 Å². The number of hydrogen-bond donors (Lipinski definition) is 0. The van der Waals surface area contributed by atoms with Crippen molar-refractivity contribution in [2.75, 3.05) is 13.2 Å². The van der Waals surface area contributed by atoms with Gasteiger partial charge in [-0.2, -0.15) is 0 Å². The maximum absolute atomic E-state index is 12.8. The molecular formula is C61H104O6. The molecular weight excluding hydrogens is 829 g/mol. The van der Waals surface area contributed by atoms with Crippen molar-refractivity contribution in [1.29, 1.82) is 0 Å². The van der Waals surface area contributed by atoms with Gasteiger partial charge in [0.05, 0.1) is 6.42 Å². The molecule has 0 radical (unpaired) electrons. The summed E-state index contributed by atoms with van der Waals surface area (Å²) in [4.78, 5) is 38.0. The van der Waals surface area contributed by atoms with Crippen molar-refractivity contribution in [2.45, 2.75) is 271 Å². The van der Waals surface area contributed by atoms with E-state index < -0.39 is 12.1 Å².